The fourth-order valence-electron chi connectivity index (χ4n) is 2.95. The summed E-state index contributed by atoms with van der Waals surface area (Å²) in [6.07, 6.45) is 3.08. The summed E-state index contributed by atoms with van der Waals surface area (Å²) in [6, 6.07) is 3.82. The number of carbonyl (C=O) groups excluding carboxylic acids is 1. The standard InChI is InChI=1S/C17H26N2O2/c1-4-21-17(20)15(18)11-14-9-13(3)16(10-12(14)2)19-7-5-6-8-19/h9-10,15H,4-8,11,18H2,1-3H3. The lowest BCUT2D eigenvalue weighted by Gasteiger charge is -2.22. The molecule has 0 spiro atoms. The molecule has 1 saturated heterocycles. The summed E-state index contributed by atoms with van der Waals surface area (Å²) < 4.78 is 4.98. The molecule has 0 aliphatic carbocycles. The van der Waals surface area contributed by atoms with Crippen molar-refractivity contribution in [3.8, 4) is 0 Å². The molecular formula is C17H26N2O2. The number of nitrogens with zero attached hydrogens (tertiary/aromatic N) is 1. The van der Waals surface area contributed by atoms with Crippen molar-refractivity contribution < 1.29 is 9.53 Å². The van der Waals surface area contributed by atoms with Crippen LogP contribution in [-0.4, -0.2) is 31.7 Å². The van der Waals surface area contributed by atoms with E-state index in [0.717, 1.165) is 18.7 Å². The Hall–Kier alpha value is -1.55. The summed E-state index contributed by atoms with van der Waals surface area (Å²) in [7, 11) is 0. The molecule has 1 aromatic rings. The van der Waals surface area contributed by atoms with Crippen molar-refractivity contribution in [1.82, 2.24) is 0 Å². The fraction of sp³-hybridized carbons (Fsp3) is 0.588. The molecule has 1 aliphatic heterocycles. The van der Waals surface area contributed by atoms with Gasteiger partial charge in [0.2, 0.25) is 0 Å². The van der Waals surface area contributed by atoms with E-state index in [9.17, 15) is 4.79 Å². The summed E-state index contributed by atoms with van der Waals surface area (Å²) in [6.45, 7) is 8.67. The summed E-state index contributed by atoms with van der Waals surface area (Å²) in [5.74, 6) is -0.321. The Labute approximate surface area is 127 Å². The van der Waals surface area contributed by atoms with Crippen LogP contribution in [0.3, 0.4) is 0 Å². The maximum atomic E-state index is 11.7. The van der Waals surface area contributed by atoms with E-state index in [1.165, 1.54) is 29.7 Å². The van der Waals surface area contributed by atoms with Gasteiger partial charge in [-0.15, -0.1) is 0 Å². The SMILES string of the molecule is CCOC(=O)C(N)Cc1cc(C)c(N2CCCC2)cc1C. The quantitative estimate of drug-likeness (QED) is 0.846. The van der Waals surface area contributed by atoms with Crippen molar-refractivity contribution in [3.63, 3.8) is 0 Å². The highest BCUT2D eigenvalue weighted by Crippen LogP contribution is 2.27. The number of rotatable bonds is 5. The highest BCUT2D eigenvalue weighted by molar-refractivity contribution is 5.76. The first kappa shape index (κ1) is 15.8. The maximum absolute atomic E-state index is 11.7. The normalized spacial score (nSPS) is 16.1. The van der Waals surface area contributed by atoms with Gasteiger partial charge in [0.15, 0.2) is 0 Å². The third kappa shape index (κ3) is 3.76. The van der Waals surface area contributed by atoms with Gasteiger partial charge < -0.3 is 15.4 Å². The first-order chi connectivity index (χ1) is 10.0. The fourth-order valence-corrected chi connectivity index (χ4v) is 2.95. The highest BCUT2D eigenvalue weighted by Gasteiger charge is 2.19. The first-order valence-electron chi connectivity index (χ1n) is 7.80. The minimum absolute atomic E-state index is 0.321. The van der Waals surface area contributed by atoms with Gasteiger partial charge in [0.1, 0.15) is 6.04 Å². The predicted octanol–water partition coefficient (Wildman–Crippen LogP) is 2.34. The number of benzene rings is 1. The smallest absolute Gasteiger partial charge is 0.323 e. The number of anilines is 1. The second kappa shape index (κ2) is 6.94. The summed E-state index contributed by atoms with van der Waals surface area (Å²) in [5, 5.41) is 0. The molecule has 116 valence electrons. The van der Waals surface area contributed by atoms with Crippen LogP contribution < -0.4 is 10.6 Å². The summed E-state index contributed by atoms with van der Waals surface area (Å²) in [4.78, 5) is 14.1. The number of esters is 1. The van der Waals surface area contributed by atoms with Crippen molar-refractivity contribution in [3.05, 3.63) is 28.8 Å². The van der Waals surface area contributed by atoms with E-state index >= 15 is 0 Å². The average molecular weight is 290 g/mol. The number of ether oxygens (including phenoxy) is 1. The van der Waals surface area contributed by atoms with Crippen LogP contribution in [0.4, 0.5) is 5.69 Å². The number of hydrogen-bond donors (Lipinski definition) is 1. The van der Waals surface area contributed by atoms with Gasteiger partial charge in [-0.1, -0.05) is 6.07 Å². The minimum atomic E-state index is -0.583. The van der Waals surface area contributed by atoms with Crippen molar-refractivity contribution in [2.45, 2.75) is 46.1 Å². The van der Waals surface area contributed by atoms with Crippen LogP contribution in [0.25, 0.3) is 0 Å². The molecule has 4 heteroatoms. The van der Waals surface area contributed by atoms with Gasteiger partial charge in [-0.2, -0.15) is 0 Å². The molecule has 0 radical (unpaired) electrons. The van der Waals surface area contributed by atoms with E-state index < -0.39 is 6.04 Å². The molecule has 2 N–H and O–H groups in total. The molecule has 0 saturated carbocycles. The topological polar surface area (TPSA) is 55.6 Å². The predicted molar refractivity (Wildman–Crippen MR) is 85.7 cm³/mol. The van der Waals surface area contributed by atoms with Gasteiger partial charge >= 0.3 is 5.97 Å². The van der Waals surface area contributed by atoms with Crippen LogP contribution in [0.5, 0.6) is 0 Å². The van der Waals surface area contributed by atoms with Gasteiger partial charge in [0, 0.05) is 18.8 Å². The average Bonchev–Trinajstić information content (AvgIpc) is 2.96. The van der Waals surface area contributed by atoms with Crippen molar-refractivity contribution in [2.24, 2.45) is 5.73 Å². The van der Waals surface area contributed by atoms with E-state index in [0.29, 0.717) is 13.0 Å². The second-order valence-electron chi connectivity index (χ2n) is 5.82. The molecule has 0 aromatic heterocycles. The van der Waals surface area contributed by atoms with Gasteiger partial charge in [-0.05, 0) is 62.8 Å². The minimum Gasteiger partial charge on any atom is -0.465 e. The lowest BCUT2D eigenvalue weighted by molar-refractivity contribution is -0.144. The number of carbonyl (C=O) groups is 1. The third-order valence-electron chi connectivity index (χ3n) is 4.13. The second-order valence-corrected chi connectivity index (χ2v) is 5.82. The molecule has 21 heavy (non-hydrogen) atoms. The van der Waals surface area contributed by atoms with Crippen molar-refractivity contribution in [1.29, 1.82) is 0 Å². The largest absolute Gasteiger partial charge is 0.465 e. The Morgan fingerprint density at radius 2 is 1.95 bits per heavy atom. The van der Waals surface area contributed by atoms with E-state index in [-0.39, 0.29) is 5.97 Å². The molecule has 1 aromatic carbocycles. The van der Waals surface area contributed by atoms with Crippen LogP contribution in [0.15, 0.2) is 12.1 Å². The number of nitrogens with two attached hydrogens (primary N) is 1. The van der Waals surface area contributed by atoms with Crippen LogP contribution in [0.1, 0.15) is 36.5 Å². The van der Waals surface area contributed by atoms with Crippen molar-refractivity contribution >= 4 is 11.7 Å². The van der Waals surface area contributed by atoms with Gasteiger partial charge in [0.05, 0.1) is 6.61 Å². The lowest BCUT2D eigenvalue weighted by Crippen LogP contribution is -2.34. The van der Waals surface area contributed by atoms with E-state index in [1.54, 1.807) is 6.92 Å². The monoisotopic (exact) mass is 290 g/mol. The molecule has 1 atom stereocenters. The van der Waals surface area contributed by atoms with Crippen molar-refractivity contribution in [2.75, 3.05) is 24.6 Å². The zero-order valence-corrected chi connectivity index (χ0v) is 13.3. The molecular weight excluding hydrogens is 264 g/mol. The first-order valence-corrected chi connectivity index (χ1v) is 7.80. The molecule has 0 amide bonds. The Balaban J connectivity index is 2.14. The third-order valence-corrected chi connectivity index (χ3v) is 4.13. The number of hydrogen-bond acceptors (Lipinski definition) is 4. The van der Waals surface area contributed by atoms with Crippen LogP contribution >= 0.6 is 0 Å². The van der Waals surface area contributed by atoms with E-state index in [1.807, 2.05) is 0 Å². The Morgan fingerprint density at radius 1 is 1.29 bits per heavy atom. The van der Waals surface area contributed by atoms with E-state index in [2.05, 4.69) is 30.9 Å². The Morgan fingerprint density at radius 3 is 2.57 bits per heavy atom. The molecule has 0 bridgehead atoms. The number of aryl methyl sites for hydroxylation is 2. The van der Waals surface area contributed by atoms with Crippen LogP contribution in [-0.2, 0) is 16.0 Å². The molecule has 1 heterocycles. The maximum Gasteiger partial charge on any atom is 0.323 e. The summed E-state index contributed by atoms with van der Waals surface area (Å²) in [5.41, 5.74) is 10.8. The van der Waals surface area contributed by atoms with Crippen LogP contribution in [0.2, 0.25) is 0 Å². The molecule has 2 rings (SSSR count). The zero-order valence-electron chi connectivity index (χ0n) is 13.3. The van der Waals surface area contributed by atoms with Gasteiger partial charge in [-0.3, -0.25) is 4.79 Å². The van der Waals surface area contributed by atoms with E-state index in [4.69, 9.17) is 10.5 Å². The Bertz CT molecular complexity index is 508. The highest BCUT2D eigenvalue weighted by atomic mass is 16.5. The zero-order chi connectivity index (χ0) is 15.4. The molecule has 4 nitrogen and oxygen atoms in total. The van der Waals surface area contributed by atoms with Crippen LogP contribution in [0, 0.1) is 13.8 Å². The van der Waals surface area contributed by atoms with Gasteiger partial charge in [-0.25, -0.2) is 0 Å². The molecule has 1 unspecified atom stereocenters. The summed E-state index contributed by atoms with van der Waals surface area (Å²) >= 11 is 0. The molecule has 1 aliphatic rings. The van der Waals surface area contributed by atoms with Gasteiger partial charge in [0.25, 0.3) is 0 Å². The Kier molecular flexibility index (Phi) is 5.23. The molecule has 1 fully saturated rings. The lowest BCUT2D eigenvalue weighted by atomic mass is 9.97.